The summed E-state index contributed by atoms with van der Waals surface area (Å²) in [6.07, 6.45) is 2.74. The van der Waals surface area contributed by atoms with Crippen molar-refractivity contribution in [3.8, 4) is 17.1 Å². The molecule has 2 aromatic heterocycles. The van der Waals surface area contributed by atoms with Crippen LogP contribution < -0.4 is 10.6 Å². The van der Waals surface area contributed by atoms with Crippen molar-refractivity contribution >= 4 is 27.7 Å². The molecule has 176 valence electrons. The minimum atomic E-state index is -0.455. The van der Waals surface area contributed by atoms with Crippen LogP contribution in [0.2, 0.25) is 0 Å². The molecule has 35 heavy (non-hydrogen) atoms. The molecule has 12 heteroatoms. The molecule has 0 fully saturated rings. The van der Waals surface area contributed by atoms with E-state index < -0.39 is 5.91 Å². The second-order valence-corrected chi connectivity index (χ2v) is 8.82. The first-order valence-electron chi connectivity index (χ1n) is 10.7. The van der Waals surface area contributed by atoms with Crippen LogP contribution in [0.4, 0.5) is 0 Å². The number of phenols is 1. The highest BCUT2D eigenvalue weighted by atomic mass is 79.9. The van der Waals surface area contributed by atoms with Crippen LogP contribution in [-0.4, -0.2) is 47.5 Å². The van der Waals surface area contributed by atoms with Gasteiger partial charge < -0.3 is 15.7 Å². The first kappa shape index (κ1) is 22.6. The Hall–Kier alpha value is -4.19. The van der Waals surface area contributed by atoms with E-state index in [1.165, 1.54) is 12.4 Å². The maximum Gasteiger partial charge on any atom is 0.270 e. The number of phenolic OH excluding ortho intramolecular Hbond substituents is 1. The zero-order chi connectivity index (χ0) is 24.4. The molecule has 1 atom stereocenters. The molecule has 5 rings (SSSR count). The number of rotatable bonds is 6. The Kier molecular flexibility index (Phi) is 6.19. The number of amides is 2. The SMILES string of the molecule is O=C(NCc1ccc(Br)c(O)c1)c1cc(C(=O)N[C@@H]2CCc3cc(-c4nn[nH]n4)ccc32)ncn1. The van der Waals surface area contributed by atoms with Crippen molar-refractivity contribution in [2.24, 2.45) is 0 Å². The summed E-state index contributed by atoms with van der Waals surface area (Å²) >= 11 is 3.22. The number of H-pyrrole nitrogens is 1. The van der Waals surface area contributed by atoms with Gasteiger partial charge in [0.05, 0.1) is 10.5 Å². The molecular formula is C23H19BrN8O3. The number of aromatic hydroxyl groups is 1. The number of nitrogens with zero attached hydrogens (tertiary/aromatic N) is 5. The molecule has 11 nitrogen and oxygen atoms in total. The normalized spacial score (nSPS) is 14.4. The minimum absolute atomic E-state index is 0.0723. The fourth-order valence-corrected chi connectivity index (χ4v) is 4.22. The van der Waals surface area contributed by atoms with Gasteiger partial charge in [-0.15, -0.1) is 10.2 Å². The van der Waals surface area contributed by atoms with E-state index in [0.717, 1.165) is 29.5 Å². The van der Waals surface area contributed by atoms with Crippen molar-refractivity contribution in [3.63, 3.8) is 0 Å². The summed E-state index contributed by atoms with van der Waals surface area (Å²) in [5, 5.41) is 29.5. The maximum absolute atomic E-state index is 12.9. The summed E-state index contributed by atoms with van der Waals surface area (Å²) in [6.45, 7) is 0.190. The van der Waals surface area contributed by atoms with E-state index in [0.29, 0.717) is 15.9 Å². The number of nitrogens with one attached hydrogen (secondary N) is 3. The Morgan fingerprint density at radius 3 is 2.69 bits per heavy atom. The average Bonchev–Trinajstić information content (AvgIpc) is 3.55. The van der Waals surface area contributed by atoms with E-state index in [4.69, 9.17) is 0 Å². The Bertz CT molecular complexity index is 1410. The van der Waals surface area contributed by atoms with Crippen molar-refractivity contribution in [1.82, 2.24) is 41.2 Å². The van der Waals surface area contributed by atoms with Crippen molar-refractivity contribution in [3.05, 3.63) is 81.3 Å². The van der Waals surface area contributed by atoms with Crippen molar-refractivity contribution in [2.45, 2.75) is 25.4 Å². The third-order valence-electron chi connectivity index (χ3n) is 5.73. The largest absolute Gasteiger partial charge is 0.507 e. The molecule has 2 aromatic carbocycles. The topological polar surface area (TPSA) is 159 Å². The lowest BCUT2D eigenvalue weighted by molar-refractivity contribution is 0.0931. The molecular weight excluding hydrogens is 516 g/mol. The second-order valence-electron chi connectivity index (χ2n) is 7.97. The van der Waals surface area contributed by atoms with E-state index in [-0.39, 0.29) is 35.6 Å². The van der Waals surface area contributed by atoms with Crippen LogP contribution in [0.5, 0.6) is 5.75 Å². The van der Waals surface area contributed by atoms with Gasteiger partial charge >= 0.3 is 0 Å². The van der Waals surface area contributed by atoms with Crippen LogP contribution in [0, 0.1) is 0 Å². The second kappa shape index (κ2) is 9.58. The average molecular weight is 535 g/mol. The van der Waals surface area contributed by atoms with Gasteiger partial charge in [0.1, 0.15) is 23.5 Å². The summed E-state index contributed by atoms with van der Waals surface area (Å²) < 4.78 is 0.566. The Morgan fingerprint density at radius 1 is 1.09 bits per heavy atom. The molecule has 4 N–H and O–H groups in total. The number of fused-ring (bicyclic) bond motifs is 1. The van der Waals surface area contributed by atoms with Crippen molar-refractivity contribution in [2.75, 3.05) is 0 Å². The third-order valence-corrected chi connectivity index (χ3v) is 6.40. The van der Waals surface area contributed by atoms with Gasteiger partial charge in [-0.2, -0.15) is 5.21 Å². The lowest BCUT2D eigenvalue weighted by Gasteiger charge is -2.14. The molecule has 0 saturated heterocycles. The lowest BCUT2D eigenvalue weighted by atomic mass is 10.0. The smallest absolute Gasteiger partial charge is 0.270 e. The van der Waals surface area contributed by atoms with E-state index in [2.05, 4.69) is 57.2 Å². The summed E-state index contributed by atoms with van der Waals surface area (Å²) in [5.41, 5.74) is 3.88. The van der Waals surface area contributed by atoms with Gasteiger partial charge in [0.15, 0.2) is 0 Å². The van der Waals surface area contributed by atoms with Crippen LogP contribution in [-0.2, 0) is 13.0 Å². The van der Waals surface area contributed by atoms with Crippen LogP contribution >= 0.6 is 15.9 Å². The molecule has 0 spiro atoms. The molecule has 0 aliphatic heterocycles. The van der Waals surface area contributed by atoms with Gasteiger partial charge in [-0.3, -0.25) is 9.59 Å². The molecule has 1 aliphatic rings. The minimum Gasteiger partial charge on any atom is -0.507 e. The number of carbonyl (C=O) groups excluding carboxylic acids is 2. The Balaban J connectivity index is 1.24. The van der Waals surface area contributed by atoms with Crippen LogP contribution in [0.25, 0.3) is 11.4 Å². The Morgan fingerprint density at radius 2 is 1.91 bits per heavy atom. The summed E-state index contributed by atoms with van der Waals surface area (Å²) in [7, 11) is 0. The maximum atomic E-state index is 12.9. The highest BCUT2D eigenvalue weighted by Crippen LogP contribution is 2.33. The zero-order valence-electron chi connectivity index (χ0n) is 18.2. The lowest BCUT2D eigenvalue weighted by Crippen LogP contribution is -2.29. The monoisotopic (exact) mass is 534 g/mol. The van der Waals surface area contributed by atoms with Crippen LogP contribution in [0.1, 0.15) is 50.1 Å². The first-order valence-corrected chi connectivity index (χ1v) is 11.5. The number of tetrazole rings is 1. The van der Waals surface area contributed by atoms with Gasteiger partial charge in [0, 0.05) is 18.2 Å². The number of halogens is 1. The number of aromatic amines is 1. The van der Waals surface area contributed by atoms with Crippen molar-refractivity contribution < 1.29 is 14.7 Å². The van der Waals surface area contributed by atoms with Crippen molar-refractivity contribution in [1.29, 1.82) is 0 Å². The van der Waals surface area contributed by atoms with E-state index >= 15 is 0 Å². The Labute approximate surface area is 207 Å². The molecule has 0 bridgehead atoms. The number of aromatic nitrogens is 6. The van der Waals surface area contributed by atoms with Gasteiger partial charge in [0.25, 0.3) is 11.8 Å². The first-order chi connectivity index (χ1) is 17.0. The van der Waals surface area contributed by atoms with Gasteiger partial charge in [-0.05, 0) is 68.9 Å². The predicted molar refractivity (Wildman–Crippen MR) is 127 cm³/mol. The third kappa shape index (κ3) is 4.87. The molecule has 2 amide bonds. The van der Waals surface area contributed by atoms with E-state index in [1.807, 2.05) is 18.2 Å². The highest BCUT2D eigenvalue weighted by Gasteiger charge is 2.26. The standard InChI is InChI=1S/C23H19BrN8O3/c24-16-5-1-12(7-20(16)33)10-25-22(34)18-9-19(27-11-26-18)23(35)28-17-6-3-13-8-14(2-4-15(13)17)21-29-31-32-30-21/h1-2,4-5,7-9,11,17,33H,3,6,10H2,(H,25,34)(H,28,35)(H,29,30,31,32)/t17-/m1/s1. The molecule has 1 aliphatic carbocycles. The summed E-state index contributed by atoms with van der Waals surface area (Å²) in [6, 6.07) is 12.1. The number of carbonyl (C=O) groups is 2. The fraction of sp³-hybridized carbons (Fsp3) is 0.174. The van der Waals surface area contributed by atoms with E-state index in [9.17, 15) is 14.7 Å². The van der Waals surface area contributed by atoms with Gasteiger partial charge in [0.2, 0.25) is 5.82 Å². The van der Waals surface area contributed by atoms with E-state index in [1.54, 1.807) is 18.2 Å². The molecule has 4 aromatic rings. The molecule has 0 radical (unpaired) electrons. The van der Waals surface area contributed by atoms with Crippen LogP contribution in [0.3, 0.4) is 0 Å². The quantitative estimate of drug-likeness (QED) is 0.293. The summed E-state index contributed by atoms with van der Waals surface area (Å²) in [4.78, 5) is 33.5. The predicted octanol–water partition coefficient (Wildman–Crippen LogP) is 2.47. The molecule has 0 unspecified atom stereocenters. The highest BCUT2D eigenvalue weighted by molar-refractivity contribution is 9.10. The number of benzene rings is 2. The molecule has 0 saturated carbocycles. The van der Waals surface area contributed by atoms with Gasteiger partial charge in [-0.25, -0.2) is 9.97 Å². The van der Waals surface area contributed by atoms with Crippen LogP contribution in [0.15, 0.2) is 53.3 Å². The van der Waals surface area contributed by atoms with Gasteiger partial charge in [-0.1, -0.05) is 18.2 Å². The number of hydrogen-bond acceptors (Lipinski definition) is 8. The number of aryl methyl sites for hydroxylation is 1. The molecule has 2 heterocycles. The zero-order valence-corrected chi connectivity index (χ0v) is 19.8. The summed E-state index contributed by atoms with van der Waals surface area (Å²) in [5.74, 6) is -0.246. The fourth-order valence-electron chi connectivity index (χ4n) is 3.97. The number of hydrogen-bond donors (Lipinski definition) is 4.